The molecule has 5 heteroatoms. The van der Waals surface area contributed by atoms with Crippen molar-refractivity contribution in [3.63, 3.8) is 0 Å². The average Bonchev–Trinajstić information content (AvgIpc) is 3.09. The highest BCUT2D eigenvalue weighted by atomic mass is 16.5. The molecule has 19 heavy (non-hydrogen) atoms. The summed E-state index contributed by atoms with van der Waals surface area (Å²) in [6, 6.07) is 0. The topological polar surface area (TPSA) is 56.7 Å². The van der Waals surface area contributed by atoms with Crippen LogP contribution >= 0.6 is 0 Å². The number of hydrogen-bond acceptors (Lipinski definition) is 4. The number of aryl methyl sites for hydroxylation is 2. The van der Waals surface area contributed by atoms with Crippen LogP contribution in [0.5, 0.6) is 0 Å². The molecule has 0 bridgehead atoms. The van der Waals surface area contributed by atoms with Gasteiger partial charge in [-0.3, -0.25) is 0 Å². The van der Waals surface area contributed by atoms with Crippen molar-refractivity contribution in [2.45, 2.75) is 57.9 Å². The summed E-state index contributed by atoms with van der Waals surface area (Å²) >= 11 is 0. The predicted molar refractivity (Wildman–Crippen MR) is 69.0 cm³/mol. The Bertz CT molecular complexity index is 609. The Morgan fingerprint density at radius 2 is 2.05 bits per heavy atom. The number of nitrogens with zero attached hydrogens (tertiary/aromatic N) is 4. The molecule has 2 heterocycles. The summed E-state index contributed by atoms with van der Waals surface area (Å²) in [6.45, 7) is 2.77. The summed E-state index contributed by atoms with van der Waals surface area (Å²) in [5, 5.41) is 4.11. The molecule has 2 aromatic rings. The first-order chi connectivity index (χ1) is 9.31. The zero-order valence-corrected chi connectivity index (χ0v) is 11.2. The standard InChI is InChI=1S/C14H18N4O/c1-9-15-11-4-2-3-5-12(11)18(9)8-13-16-14(19-17-13)10-6-7-10/h10H,2-8H2,1H3. The number of imidazole rings is 1. The van der Waals surface area contributed by atoms with E-state index in [9.17, 15) is 0 Å². The van der Waals surface area contributed by atoms with Crippen LogP contribution in [0.3, 0.4) is 0 Å². The van der Waals surface area contributed by atoms with E-state index in [4.69, 9.17) is 4.52 Å². The van der Waals surface area contributed by atoms with Gasteiger partial charge in [-0.25, -0.2) is 4.98 Å². The van der Waals surface area contributed by atoms with Crippen LogP contribution in [-0.4, -0.2) is 19.7 Å². The van der Waals surface area contributed by atoms with E-state index in [2.05, 4.69) is 26.6 Å². The summed E-state index contributed by atoms with van der Waals surface area (Å²) in [7, 11) is 0. The molecule has 0 N–H and O–H groups in total. The van der Waals surface area contributed by atoms with Gasteiger partial charge in [-0.05, 0) is 45.4 Å². The van der Waals surface area contributed by atoms with Gasteiger partial charge in [0.15, 0.2) is 5.82 Å². The lowest BCUT2D eigenvalue weighted by Gasteiger charge is -2.13. The highest BCUT2D eigenvalue weighted by molar-refractivity contribution is 5.20. The van der Waals surface area contributed by atoms with Crippen LogP contribution in [-0.2, 0) is 19.4 Å². The number of fused-ring (bicyclic) bond motifs is 1. The van der Waals surface area contributed by atoms with Crippen molar-refractivity contribution in [2.75, 3.05) is 0 Å². The minimum Gasteiger partial charge on any atom is -0.339 e. The molecule has 4 rings (SSSR count). The van der Waals surface area contributed by atoms with Gasteiger partial charge >= 0.3 is 0 Å². The van der Waals surface area contributed by atoms with Gasteiger partial charge in [-0.1, -0.05) is 5.16 Å². The third-order valence-electron chi connectivity index (χ3n) is 4.13. The normalized spacial score (nSPS) is 18.6. The van der Waals surface area contributed by atoms with Crippen molar-refractivity contribution in [2.24, 2.45) is 0 Å². The van der Waals surface area contributed by atoms with E-state index in [1.807, 2.05) is 0 Å². The fourth-order valence-corrected chi connectivity index (χ4v) is 2.91. The van der Waals surface area contributed by atoms with Crippen LogP contribution in [0, 0.1) is 6.92 Å². The highest BCUT2D eigenvalue weighted by Crippen LogP contribution is 2.38. The van der Waals surface area contributed by atoms with Crippen molar-refractivity contribution in [3.8, 4) is 0 Å². The third kappa shape index (κ3) is 1.97. The number of aromatic nitrogens is 4. The zero-order chi connectivity index (χ0) is 12.8. The van der Waals surface area contributed by atoms with Crippen LogP contribution in [0.15, 0.2) is 4.52 Å². The maximum absolute atomic E-state index is 5.33. The highest BCUT2D eigenvalue weighted by Gasteiger charge is 2.29. The monoisotopic (exact) mass is 258 g/mol. The molecular weight excluding hydrogens is 240 g/mol. The second-order valence-electron chi connectivity index (χ2n) is 5.67. The Labute approximate surface area is 112 Å². The zero-order valence-electron chi connectivity index (χ0n) is 11.2. The fraction of sp³-hybridized carbons (Fsp3) is 0.643. The molecule has 1 fully saturated rings. The molecule has 0 aromatic carbocycles. The maximum atomic E-state index is 5.33. The van der Waals surface area contributed by atoms with E-state index in [1.54, 1.807) is 0 Å². The summed E-state index contributed by atoms with van der Waals surface area (Å²) < 4.78 is 7.59. The molecule has 0 spiro atoms. The quantitative estimate of drug-likeness (QED) is 0.848. The lowest BCUT2D eigenvalue weighted by molar-refractivity contribution is 0.372. The molecule has 0 atom stereocenters. The summed E-state index contributed by atoms with van der Waals surface area (Å²) in [5.74, 6) is 3.21. The first-order valence-electron chi connectivity index (χ1n) is 7.18. The molecule has 2 aliphatic rings. The fourth-order valence-electron chi connectivity index (χ4n) is 2.91. The van der Waals surface area contributed by atoms with E-state index in [0.29, 0.717) is 12.5 Å². The van der Waals surface area contributed by atoms with E-state index in [0.717, 1.165) is 30.4 Å². The Morgan fingerprint density at radius 3 is 2.89 bits per heavy atom. The van der Waals surface area contributed by atoms with Crippen LogP contribution in [0.4, 0.5) is 0 Å². The van der Waals surface area contributed by atoms with Crippen molar-refractivity contribution >= 4 is 0 Å². The van der Waals surface area contributed by atoms with Crippen LogP contribution in [0.25, 0.3) is 0 Å². The predicted octanol–water partition coefficient (Wildman–Crippen LogP) is 2.38. The Morgan fingerprint density at radius 1 is 1.21 bits per heavy atom. The molecule has 0 saturated heterocycles. The van der Waals surface area contributed by atoms with E-state index in [1.165, 1.54) is 37.1 Å². The second kappa shape index (κ2) is 4.18. The van der Waals surface area contributed by atoms with Gasteiger partial charge < -0.3 is 9.09 Å². The van der Waals surface area contributed by atoms with Gasteiger partial charge in [0.1, 0.15) is 5.82 Å². The molecule has 2 aliphatic carbocycles. The Balaban J connectivity index is 1.62. The lowest BCUT2D eigenvalue weighted by atomic mass is 10.0. The first kappa shape index (κ1) is 11.2. The lowest BCUT2D eigenvalue weighted by Crippen LogP contribution is -2.11. The van der Waals surface area contributed by atoms with Gasteiger partial charge in [-0.2, -0.15) is 4.98 Å². The van der Waals surface area contributed by atoms with Crippen LogP contribution in [0.1, 0.15) is 60.5 Å². The average molecular weight is 258 g/mol. The van der Waals surface area contributed by atoms with Crippen LogP contribution < -0.4 is 0 Å². The molecule has 1 saturated carbocycles. The van der Waals surface area contributed by atoms with Crippen molar-refractivity contribution < 1.29 is 4.52 Å². The van der Waals surface area contributed by atoms with E-state index in [-0.39, 0.29) is 0 Å². The molecule has 0 amide bonds. The Kier molecular flexibility index (Phi) is 2.47. The third-order valence-corrected chi connectivity index (χ3v) is 4.13. The second-order valence-corrected chi connectivity index (χ2v) is 5.67. The molecule has 0 unspecified atom stereocenters. The summed E-state index contributed by atoms with van der Waals surface area (Å²) in [6.07, 6.45) is 7.16. The Hall–Kier alpha value is -1.65. The van der Waals surface area contributed by atoms with Crippen LogP contribution in [0.2, 0.25) is 0 Å². The SMILES string of the molecule is Cc1nc2c(n1Cc1noc(C3CC3)n1)CCCC2. The summed E-state index contributed by atoms with van der Waals surface area (Å²) in [5.41, 5.74) is 2.65. The van der Waals surface area contributed by atoms with Gasteiger partial charge in [0, 0.05) is 11.6 Å². The smallest absolute Gasteiger partial charge is 0.229 e. The van der Waals surface area contributed by atoms with Crippen molar-refractivity contribution in [1.82, 2.24) is 19.7 Å². The van der Waals surface area contributed by atoms with Crippen molar-refractivity contribution in [1.29, 1.82) is 0 Å². The van der Waals surface area contributed by atoms with Gasteiger partial charge in [0.05, 0.1) is 12.2 Å². The number of hydrogen-bond donors (Lipinski definition) is 0. The molecule has 0 aliphatic heterocycles. The van der Waals surface area contributed by atoms with E-state index >= 15 is 0 Å². The molecule has 2 aromatic heterocycles. The molecular formula is C14H18N4O. The minimum absolute atomic E-state index is 0.527. The molecule has 0 radical (unpaired) electrons. The van der Waals surface area contributed by atoms with Gasteiger partial charge in [0.25, 0.3) is 0 Å². The number of rotatable bonds is 3. The maximum Gasteiger partial charge on any atom is 0.229 e. The largest absolute Gasteiger partial charge is 0.339 e. The first-order valence-corrected chi connectivity index (χ1v) is 7.18. The summed E-state index contributed by atoms with van der Waals surface area (Å²) in [4.78, 5) is 9.19. The minimum atomic E-state index is 0.527. The van der Waals surface area contributed by atoms with Gasteiger partial charge in [-0.15, -0.1) is 0 Å². The van der Waals surface area contributed by atoms with Crippen molar-refractivity contribution in [3.05, 3.63) is 28.9 Å². The van der Waals surface area contributed by atoms with E-state index < -0.39 is 0 Å². The molecule has 100 valence electrons. The van der Waals surface area contributed by atoms with Gasteiger partial charge in [0.2, 0.25) is 5.89 Å². The molecule has 5 nitrogen and oxygen atoms in total.